The Balaban J connectivity index is 1.63. The molecule has 0 bridgehead atoms. The van der Waals surface area contributed by atoms with E-state index in [0.29, 0.717) is 19.6 Å². The molecule has 0 atom stereocenters. The van der Waals surface area contributed by atoms with Gasteiger partial charge in [-0.05, 0) is 36.8 Å². The third-order valence-corrected chi connectivity index (χ3v) is 4.39. The first-order valence-electron chi connectivity index (χ1n) is 7.74. The summed E-state index contributed by atoms with van der Waals surface area (Å²) in [5.41, 5.74) is 0.994. The Morgan fingerprint density at radius 3 is 2.58 bits per heavy atom. The van der Waals surface area contributed by atoms with Crippen molar-refractivity contribution in [1.82, 2.24) is 20.5 Å². The second-order valence-electron chi connectivity index (χ2n) is 5.48. The van der Waals surface area contributed by atoms with E-state index in [1.54, 1.807) is 35.7 Å². The van der Waals surface area contributed by atoms with Crippen LogP contribution in [0, 0.1) is 6.92 Å². The standard InChI is InChI=1S/C17H22N4O2S/c1-13-3-4-15(24-13)12-21(2)17(23)19-10-7-16(22)20-11-14-5-8-18-9-6-14/h3-6,8-9H,7,10-12H2,1-2H3,(H,19,23)(H,20,22). The van der Waals surface area contributed by atoms with Crippen LogP contribution >= 0.6 is 11.3 Å². The molecule has 0 aliphatic rings. The van der Waals surface area contributed by atoms with Crippen molar-refractivity contribution in [1.29, 1.82) is 0 Å². The van der Waals surface area contributed by atoms with Crippen molar-refractivity contribution < 1.29 is 9.59 Å². The largest absolute Gasteiger partial charge is 0.352 e. The second-order valence-corrected chi connectivity index (χ2v) is 6.85. The van der Waals surface area contributed by atoms with Gasteiger partial charge in [0.15, 0.2) is 0 Å². The lowest BCUT2D eigenvalue weighted by atomic mass is 10.2. The third kappa shape index (κ3) is 6.00. The first-order chi connectivity index (χ1) is 11.5. The average molecular weight is 346 g/mol. The number of carbonyl (C=O) groups is 2. The molecule has 0 unspecified atom stereocenters. The van der Waals surface area contributed by atoms with Crippen LogP contribution < -0.4 is 10.6 Å². The van der Waals surface area contributed by atoms with Crippen LogP contribution in [-0.4, -0.2) is 35.4 Å². The number of thiophene rings is 1. The van der Waals surface area contributed by atoms with Gasteiger partial charge in [-0.2, -0.15) is 0 Å². The highest BCUT2D eigenvalue weighted by Gasteiger charge is 2.10. The predicted octanol–water partition coefficient (Wildman–Crippen LogP) is 2.30. The van der Waals surface area contributed by atoms with Gasteiger partial charge in [0.05, 0.1) is 6.54 Å². The molecular formula is C17H22N4O2S. The number of pyridine rings is 1. The number of amides is 3. The molecular weight excluding hydrogens is 324 g/mol. The van der Waals surface area contributed by atoms with Gasteiger partial charge < -0.3 is 15.5 Å². The minimum Gasteiger partial charge on any atom is -0.352 e. The van der Waals surface area contributed by atoms with Crippen molar-refractivity contribution >= 4 is 23.3 Å². The molecule has 6 nitrogen and oxygen atoms in total. The Hall–Kier alpha value is -2.41. The lowest BCUT2D eigenvalue weighted by molar-refractivity contribution is -0.121. The summed E-state index contributed by atoms with van der Waals surface area (Å²) in [6.45, 7) is 3.39. The molecule has 128 valence electrons. The molecule has 24 heavy (non-hydrogen) atoms. The van der Waals surface area contributed by atoms with E-state index in [9.17, 15) is 9.59 Å². The maximum Gasteiger partial charge on any atom is 0.317 e. The van der Waals surface area contributed by atoms with Crippen molar-refractivity contribution in [3.05, 3.63) is 52.0 Å². The third-order valence-electron chi connectivity index (χ3n) is 3.40. The van der Waals surface area contributed by atoms with Crippen LogP contribution in [0.2, 0.25) is 0 Å². The van der Waals surface area contributed by atoms with Crippen molar-refractivity contribution in [3.63, 3.8) is 0 Å². The number of aromatic nitrogens is 1. The van der Waals surface area contributed by atoms with Crippen molar-refractivity contribution in [2.75, 3.05) is 13.6 Å². The van der Waals surface area contributed by atoms with Crippen LogP contribution in [0.5, 0.6) is 0 Å². The molecule has 0 spiro atoms. The van der Waals surface area contributed by atoms with Gasteiger partial charge in [-0.15, -0.1) is 11.3 Å². The zero-order valence-corrected chi connectivity index (χ0v) is 14.7. The van der Waals surface area contributed by atoms with Crippen LogP contribution in [0.1, 0.15) is 21.7 Å². The van der Waals surface area contributed by atoms with Gasteiger partial charge in [0.2, 0.25) is 5.91 Å². The topological polar surface area (TPSA) is 74.3 Å². The molecule has 0 saturated heterocycles. The molecule has 2 aromatic rings. The molecule has 2 N–H and O–H groups in total. The first kappa shape index (κ1) is 17.9. The molecule has 3 amide bonds. The Morgan fingerprint density at radius 1 is 1.17 bits per heavy atom. The maximum atomic E-state index is 12.0. The average Bonchev–Trinajstić information content (AvgIpc) is 2.98. The van der Waals surface area contributed by atoms with Crippen molar-refractivity contribution in [2.45, 2.75) is 26.4 Å². The van der Waals surface area contributed by atoms with E-state index in [1.165, 1.54) is 4.88 Å². The molecule has 7 heteroatoms. The summed E-state index contributed by atoms with van der Waals surface area (Å²) in [4.78, 5) is 31.7. The normalized spacial score (nSPS) is 10.2. The fourth-order valence-corrected chi connectivity index (χ4v) is 3.03. The number of hydrogen-bond donors (Lipinski definition) is 2. The summed E-state index contributed by atoms with van der Waals surface area (Å²) in [6.07, 6.45) is 3.63. The van der Waals surface area contributed by atoms with Crippen LogP contribution in [0.15, 0.2) is 36.7 Å². The SMILES string of the molecule is Cc1ccc(CN(C)C(=O)NCCC(=O)NCc2ccncc2)s1. The Kier molecular flexibility index (Phi) is 6.74. The molecule has 0 saturated carbocycles. The van der Waals surface area contributed by atoms with Crippen LogP contribution in [0.3, 0.4) is 0 Å². The zero-order valence-electron chi connectivity index (χ0n) is 13.9. The highest BCUT2D eigenvalue weighted by Crippen LogP contribution is 2.16. The molecule has 0 radical (unpaired) electrons. The summed E-state index contributed by atoms with van der Waals surface area (Å²) in [6, 6.07) is 7.59. The fraction of sp³-hybridized carbons (Fsp3) is 0.353. The summed E-state index contributed by atoms with van der Waals surface area (Å²) in [7, 11) is 1.74. The number of carbonyl (C=O) groups excluding carboxylic acids is 2. The number of rotatable bonds is 7. The summed E-state index contributed by atoms with van der Waals surface area (Å²) in [5, 5.41) is 5.57. The minimum absolute atomic E-state index is 0.0938. The molecule has 0 aliphatic carbocycles. The molecule has 2 heterocycles. The fourth-order valence-electron chi connectivity index (χ4n) is 2.08. The molecule has 2 rings (SSSR count). The second kappa shape index (κ2) is 9.02. The quantitative estimate of drug-likeness (QED) is 0.808. The van der Waals surface area contributed by atoms with Gasteiger partial charge in [0.1, 0.15) is 0 Å². The van der Waals surface area contributed by atoms with E-state index in [4.69, 9.17) is 0 Å². The van der Waals surface area contributed by atoms with Crippen molar-refractivity contribution in [2.24, 2.45) is 0 Å². The van der Waals surface area contributed by atoms with Gasteiger partial charge in [-0.1, -0.05) is 0 Å². The number of nitrogens with zero attached hydrogens (tertiary/aromatic N) is 2. The lowest BCUT2D eigenvalue weighted by Crippen LogP contribution is -2.38. The lowest BCUT2D eigenvalue weighted by Gasteiger charge is -2.17. The van der Waals surface area contributed by atoms with E-state index in [2.05, 4.69) is 15.6 Å². The Bertz CT molecular complexity index is 672. The highest BCUT2D eigenvalue weighted by atomic mass is 32.1. The number of hydrogen-bond acceptors (Lipinski definition) is 4. The van der Waals surface area contributed by atoms with Crippen LogP contribution in [-0.2, 0) is 17.9 Å². The summed E-state index contributed by atoms with van der Waals surface area (Å²) < 4.78 is 0. The van der Waals surface area contributed by atoms with Gasteiger partial charge >= 0.3 is 6.03 Å². The van der Waals surface area contributed by atoms with Gasteiger partial charge in [0.25, 0.3) is 0 Å². The monoisotopic (exact) mass is 346 g/mol. The molecule has 0 aromatic carbocycles. The zero-order chi connectivity index (χ0) is 17.4. The summed E-state index contributed by atoms with van der Waals surface area (Å²) in [5.74, 6) is -0.0938. The van der Waals surface area contributed by atoms with Crippen LogP contribution in [0.4, 0.5) is 4.79 Å². The van der Waals surface area contributed by atoms with Gasteiger partial charge in [-0.3, -0.25) is 9.78 Å². The Labute approximate surface area is 145 Å². The molecule has 0 aliphatic heterocycles. The molecule has 2 aromatic heterocycles. The van der Waals surface area contributed by atoms with Crippen molar-refractivity contribution in [3.8, 4) is 0 Å². The van der Waals surface area contributed by atoms with Gasteiger partial charge in [-0.25, -0.2) is 4.79 Å². The van der Waals surface area contributed by atoms with E-state index in [-0.39, 0.29) is 18.4 Å². The number of urea groups is 1. The highest BCUT2D eigenvalue weighted by molar-refractivity contribution is 7.11. The van der Waals surface area contributed by atoms with E-state index >= 15 is 0 Å². The first-order valence-corrected chi connectivity index (χ1v) is 8.56. The number of nitrogens with one attached hydrogen (secondary N) is 2. The Morgan fingerprint density at radius 2 is 1.92 bits per heavy atom. The maximum absolute atomic E-state index is 12.0. The summed E-state index contributed by atoms with van der Waals surface area (Å²) >= 11 is 1.68. The molecule has 0 fully saturated rings. The van der Waals surface area contributed by atoms with Crippen LogP contribution in [0.25, 0.3) is 0 Å². The van der Waals surface area contributed by atoms with E-state index in [0.717, 1.165) is 10.4 Å². The van der Waals surface area contributed by atoms with E-state index in [1.807, 2.05) is 31.2 Å². The van der Waals surface area contributed by atoms with E-state index < -0.39 is 0 Å². The number of aryl methyl sites for hydroxylation is 1. The van der Waals surface area contributed by atoms with Gasteiger partial charge in [0, 0.05) is 48.7 Å². The minimum atomic E-state index is -0.178. The predicted molar refractivity (Wildman–Crippen MR) is 94.6 cm³/mol. The smallest absolute Gasteiger partial charge is 0.317 e.